The Kier molecular flexibility index (Phi) is 19.9. The second kappa shape index (κ2) is 22.8. The van der Waals surface area contributed by atoms with Crippen molar-refractivity contribution in [3.8, 4) is 0 Å². The number of pyridine rings is 1. The molecule has 0 unspecified atom stereocenters. The van der Waals surface area contributed by atoms with E-state index in [4.69, 9.17) is 4.74 Å². The quantitative estimate of drug-likeness (QED) is 0.103. The molecule has 0 atom stereocenters. The van der Waals surface area contributed by atoms with Gasteiger partial charge in [0.15, 0.2) is 0 Å². The molecule has 3 rings (SSSR count). The Balaban J connectivity index is 0.000000341. The molecule has 1 fully saturated rings. The van der Waals surface area contributed by atoms with Crippen LogP contribution < -0.4 is 0 Å². The Hall–Kier alpha value is -3.69. The highest BCUT2D eigenvalue weighted by molar-refractivity contribution is 8.76. The number of ketones is 3. The number of nitrogens with zero attached hydrogens (tertiary/aromatic N) is 3. The summed E-state index contributed by atoms with van der Waals surface area (Å²) in [4.78, 5) is 98.1. The zero-order valence-electron chi connectivity index (χ0n) is 25.7. The number of methoxy groups -OCH3 is 1. The Morgan fingerprint density at radius 3 is 2.07 bits per heavy atom. The molecule has 45 heavy (non-hydrogen) atoms. The van der Waals surface area contributed by atoms with Crippen LogP contribution in [0.25, 0.3) is 0 Å². The molecule has 0 aromatic carbocycles. The molecular formula is C30H39N3O10S2. The highest BCUT2D eigenvalue weighted by Crippen LogP contribution is 2.29. The number of hydrogen-bond donors (Lipinski definition) is 0. The summed E-state index contributed by atoms with van der Waals surface area (Å²) in [5.41, 5.74) is 0. The summed E-state index contributed by atoms with van der Waals surface area (Å²) < 4.78 is 4.91. The van der Waals surface area contributed by atoms with Crippen LogP contribution in [0.2, 0.25) is 0 Å². The van der Waals surface area contributed by atoms with Crippen molar-refractivity contribution >= 4 is 68.5 Å². The summed E-state index contributed by atoms with van der Waals surface area (Å²) in [7, 11) is 4.95. The third-order valence-corrected chi connectivity index (χ3v) is 8.16. The monoisotopic (exact) mass is 665 g/mol. The molecule has 0 radical (unpaired) electrons. The molecule has 0 saturated carbocycles. The fourth-order valence-electron chi connectivity index (χ4n) is 3.34. The largest absolute Gasteiger partial charge is 0.385 e. The smallest absolute Gasteiger partial charge is 0.340 e. The maximum atomic E-state index is 11.4. The standard InChI is InChI=1S/C12H17NO2S2.C9H11NO5.C9H11NO3/c1-15-9-4-5-11(14)7-10-16-17-12-6-2-3-8-13-12;1-2-6(11)5-9(14)15-10-7(12)3-4-8(10)13;1-2-7(11)5-6-10-8(12)3-4-9(10)13/h2-3,6,8H,4-5,7,9-10H2,1H3;2-5H2,1H3;3-4H,2,5-6H2,1H3. The number of carbonyl (C=O) groups is 8. The molecule has 0 N–H and O–H groups in total. The van der Waals surface area contributed by atoms with Gasteiger partial charge < -0.3 is 9.57 Å². The van der Waals surface area contributed by atoms with E-state index in [-0.39, 0.29) is 55.6 Å². The lowest BCUT2D eigenvalue weighted by molar-refractivity contribution is -0.197. The van der Waals surface area contributed by atoms with Crippen molar-refractivity contribution in [2.45, 2.75) is 76.7 Å². The van der Waals surface area contributed by atoms with Crippen molar-refractivity contribution in [2.24, 2.45) is 0 Å². The second-order valence-corrected chi connectivity index (χ2v) is 11.8. The Morgan fingerprint density at radius 2 is 1.51 bits per heavy atom. The third-order valence-electron chi connectivity index (χ3n) is 5.89. The molecule has 1 saturated heterocycles. The van der Waals surface area contributed by atoms with E-state index >= 15 is 0 Å². The second-order valence-electron chi connectivity index (χ2n) is 9.38. The highest BCUT2D eigenvalue weighted by atomic mass is 33.1. The van der Waals surface area contributed by atoms with Crippen LogP contribution >= 0.6 is 21.6 Å². The molecule has 2 aliphatic heterocycles. The zero-order valence-corrected chi connectivity index (χ0v) is 27.3. The van der Waals surface area contributed by atoms with Crippen LogP contribution in [0.4, 0.5) is 0 Å². The average molecular weight is 666 g/mol. The SMILES string of the molecule is CCC(=O)CC(=O)ON1C(=O)CCC1=O.CCC(=O)CCN1C(=O)C=CC1=O.COCCCC(=O)CCSSc1ccccn1. The topological polar surface area (TPSA) is 174 Å². The average Bonchev–Trinajstić information content (AvgIpc) is 3.53. The van der Waals surface area contributed by atoms with Gasteiger partial charge in [0.2, 0.25) is 0 Å². The van der Waals surface area contributed by atoms with Crippen molar-refractivity contribution < 1.29 is 47.9 Å². The molecule has 0 spiro atoms. The molecular weight excluding hydrogens is 626 g/mol. The first-order chi connectivity index (χ1) is 21.5. The van der Waals surface area contributed by atoms with Gasteiger partial charge in [0.25, 0.3) is 23.6 Å². The number of hydroxylamine groups is 2. The Labute approximate surface area is 270 Å². The fourth-order valence-corrected chi connectivity index (χ4v) is 5.25. The van der Waals surface area contributed by atoms with Crippen molar-refractivity contribution in [3.63, 3.8) is 0 Å². The number of amides is 4. The summed E-state index contributed by atoms with van der Waals surface area (Å²) in [5.74, 6) is -1.68. The molecule has 1 aromatic heterocycles. The van der Waals surface area contributed by atoms with Crippen molar-refractivity contribution in [3.05, 3.63) is 36.5 Å². The Bertz CT molecular complexity index is 1190. The normalized spacial score (nSPS) is 13.7. The number of ether oxygens (including phenoxy) is 1. The molecule has 1 aromatic rings. The van der Waals surface area contributed by atoms with Crippen LogP contribution in [0, 0.1) is 0 Å². The number of aromatic nitrogens is 1. The lowest BCUT2D eigenvalue weighted by Gasteiger charge is -2.11. The summed E-state index contributed by atoms with van der Waals surface area (Å²) in [6, 6.07) is 5.83. The van der Waals surface area contributed by atoms with Gasteiger partial charge >= 0.3 is 5.97 Å². The number of Topliss-reactive ketones (excluding diaryl/α,β-unsaturated/α-hetero) is 3. The Morgan fingerprint density at radius 1 is 0.867 bits per heavy atom. The van der Waals surface area contributed by atoms with E-state index in [1.54, 1.807) is 48.7 Å². The minimum Gasteiger partial charge on any atom is -0.385 e. The van der Waals surface area contributed by atoms with E-state index in [0.717, 1.165) is 22.1 Å². The number of carbonyl (C=O) groups excluding carboxylic acids is 8. The van der Waals surface area contributed by atoms with E-state index in [1.807, 2.05) is 18.2 Å². The maximum Gasteiger partial charge on any atom is 0.340 e. The first-order valence-corrected chi connectivity index (χ1v) is 16.7. The molecule has 246 valence electrons. The molecule has 2 aliphatic rings. The van der Waals surface area contributed by atoms with Gasteiger partial charge in [-0.1, -0.05) is 30.7 Å². The lowest BCUT2D eigenvalue weighted by atomic mass is 10.2. The van der Waals surface area contributed by atoms with Gasteiger partial charge in [0, 0.05) is 89.3 Å². The van der Waals surface area contributed by atoms with Gasteiger partial charge in [0.05, 0.1) is 0 Å². The summed E-state index contributed by atoms with van der Waals surface area (Å²) in [6.07, 6.45) is 6.92. The molecule has 0 bridgehead atoms. The van der Waals surface area contributed by atoms with Gasteiger partial charge in [-0.05, 0) is 29.3 Å². The maximum absolute atomic E-state index is 11.4. The van der Waals surface area contributed by atoms with Crippen LogP contribution in [-0.4, -0.2) is 87.9 Å². The van der Waals surface area contributed by atoms with Crippen molar-refractivity contribution in [2.75, 3.05) is 26.0 Å². The van der Waals surface area contributed by atoms with Crippen LogP contribution in [0.3, 0.4) is 0 Å². The number of rotatable bonds is 17. The van der Waals surface area contributed by atoms with Gasteiger partial charge in [-0.15, -0.1) is 5.06 Å². The third kappa shape index (κ3) is 16.8. The molecule has 4 amide bonds. The van der Waals surface area contributed by atoms with Crippen LogP contribution in [0.5, 0.6) is 0 Å². The van der Waals surface area contributed by atoms with Gasteiger partial charge in [-0.3, -0.25) is 38.5 Å². The summed E-state index contributed by atoms with van der Waals surface area (Å²) >= 11 is 0. The van der Waals surface area contributed by atoms with E-state index < -0.39 is 24.2 Å². The summed E-state index contributed by atoms with van der Waals surface area (Å²) in [5, 5.41) is 1.43. The molecule has 15 heteroatoms. The van der Waals surface area contributed by atoms with E-state index in [1.165, 1.54) is 12.2 Å². The van der Waals surface area contributed by atoms with Crippen molar-refractivity contribution in [1.82, 2.24) is 14.9 Å². The first-order valence-electron chi connectivity index (χ1n) is 14.4. The molecule has 3 heterocycles. The van der Waals surface area contributed by atoms with Crippen molar-refractivity contribution in [1.29, 1.82) is 0 Å². The van der Waals surface area contributed by atoms with Crippen LogP contribution in [-0.2, 0) is 47.9 Å². The predicted molar refractivity (Wildman–Crippen MR) is 166 cm³/mol. The van der Waals surface area contributed by atoms with Crippen LogP contribution in [0.1, 0.15) is 71.6 Å². The lowest BCUT2D eigenvalue weighted by Crippen LogP contribution is -2.32. The van der Waals surface area contributed by atoms with Gasteiger partial charge in [-0.2, -0.15) is 0 Å². The van der Waals surface area contributed by atoms with Crippen LogP contribution in [0.15, 0.2) is 41.6 Å². The zero-order chi connectivity index (χ0) is 33.6. The molecule has 0 aliphatic carbocycles. The predicted octanol–water partition coefficient (Wildman–Crippen LogP) is 3.45. The minimum atomic E-state index is -0.870. The highest BCUT2D eigenvalue weighted by Gasteiger charge is 2.33. The summed E-state index contributed by atoms with van der Waals surface area (Å²) in [6.45, 7) is 4.24. The van der Waals surface area contributed by atoms with Gasteiger partial charge in [0.1, 0.15) is 28.8 Å². The van der Waals surface area contributed by atoms with Gasteiger partial charge in [-0.25, -0.2) is 9.78 Å². The van der Waals surface area contributed by atoms with E-state index in [9.17, 15) is 38.4 Å². The minimum absolute atomic E-state index is 0.0494. The fraction of sp³-hybridized carbons (Fsp3) is 0.500. The molecule has 13 nitrogen and oxygen atoms in total. The number of hydrogen-bond acceptors (Lipinski definition) is 13. The van der Waals surface area contributed by atoms with E-state index in [0.29, 0.717) is 36.7 Å². The first kappa shape index (κ1) is 39.3. The number of imide groups is 2. The van der Waals surface area contributed by atoms with E-state index in [2.05, 4.69) is 9.82 Å².